The monoisotopic (exact) mass is 487 g/mol. The Morgan fingerprint density at radius 2 is 1.80 bits per heavy atom. The second-order valence-electron chi connectivity index (χ2n) is 10.3. The van der Waals surface area contributed by atoms with Gasteiger partial charge in [-0.05, 0) is 76.6 Å². The number of rotatable bonds is 10. The Kier molecular flexibility index (Phi) is 11.1. The smallest absolute Gasteiger partial charge is 0.408 e. The summed E-state index contributed by atoms with van der Waals surface area (Å²) < 4.78 is 5.33. The second kappa shape index (κ2) is 13.0. The number of hydrogen-bond donors (Lipinski definition) is 3. The van der Waals surface area contributed by atoms with Crippen LogP contribution in [0.1, 0.15) is 84.9 Å². The zero-order valence-corrected chi connectivity index (χ0v) is 22.3. The lowest BCUT2D eigenvalue weighted by molar-refractivity contribution is -0.139. The van der Waals surface area contributed by atoms with Gasteiger partial charge in [0.15, 0.2) is 0 Å². The molecule has 3 atom stereocenters. The Morgan fingerprint density at radius 3 is 2.29 bits per heavy atom. The largest absolute Gasteiger partial charge is 0.508 e. The van der Waals surface area contributed by atoms with Crippen molar-refractivity contribution < 1.29 is 24.2 Å². The lowest BCUT2D eigenvalue weighted by Crippen LogP contribution is -2.52. The van der Waals surface area contributed by atoms with Crippen molar-refractivity contribution >= 4 is 17.9 Å². The molecule has 3 amide bonds. The fourth-order valence-corrected chi connectivity index (χ4v) is 3.67. The van der Waals surface area contributed by atoms with Crippen LogP contribution in [0.4, 0.5) is 4.79 Å². The van der Waals surface area contributed by atoms with E-state index in [1.54, 1.807) is 39.8 Å². The third kappa shape index (κ3) is 9.51. The summed E-state index contributed by atoms with van der Waals surface area (Å²) >= 11 is 0. The van der Waals surface area contributed by atoms with Gasteiger partial charge >= 0.3 is 6.09 Å². The van der Waals surface area contributed by atoms with Crippen LogP contribution >= 0.6 is 0 Å². The van der Waals surface area contributed by atoms with E-state index in [0.29, 0.717) is 17.5 Å². The van der Waals surface area contributed by atoms with Gasteiger partial charge in [0.25, 0.3) is 5.91 Å². The molecule has 0 radical (unpaired) electrons. The number of phenolic OH excluding ortho intramolecular Hbond substituents is 1. The third-order valence-corrected chi connectivity index (χ3v) is 5.23. The maximum Gasteiger partial charge on any atom is 0.408 e. The van der Waals surface area contributed by atoms with Gasteiger partial charge in [0.2, 0.25) is 5.91 Å². The highest BCUT2D eigenvalue weighted by atomic mass is 16.6. The first-order chi connectivity index (χ1) is 16.2. The van der Waals surface area contributed by atoms with Crippen molar-refractivity contribution in [3.05, 3.63) is 29.3 Å². The molecule has 8 nitrogen and oxygen atoms in total. The first-order valence-electron chi connectivity index (χ1n) is 12.1. The number of nitrogens with one attached hydrogen (secondary N) is 2. The molecule has 0 aromatic heterocycles. The van der Waals surface area contributed by atoms with Crippen LogP contribution in [-0.2, 0) is 14.3 Å². The number of terminal acetylenes is 1. The molecule has 8 heteroatoms. The number of carbonyl (C=O) groups is 3. The average molecular weight is 488 g/mol. The first kappa shape index (κ1) is 29.8. The summed E-state index contributed by atoms with van der Waals surface area (Å²) in [5, 5.41) is 15.5. The van der Waals surface area contributed by atoms with Crippen LogP contribution in [-0.4, -0.2) is 45.6 Å². The fourth-order valence-electron chi connectivity index (χ4n) is 3.67. The van der Waals surface area contributed by atoms with Crippen LogP contribution in [0, 0.1) is 25.3 Å². The molecule has 1 rings (SSSR count). The normalized spacial score (nSPS) is 13.8. The van der Waals surface area contributed by atoms with Crippen molar-refractivity contribution in [1.82, 2.24) is 15.5 Å². The van der Waals surface area contributed by atoms with Gasteiger partial charge in [-0.15, -0.1) is 0 Å². The van der Waals surface area contributed by atoms with Gasteiger partial charge < -0.3 is 20.5 Å². The molecule has 35 heavy (non-hydrogen) atoms. The quantitative estimate of drug-likeness (QED) is 0.335. The Balaban J connectivity index is 3.42. The van der Waals surface area contributed by atoms with Crippen molar-refractivity contribution in [2.45, 2.75) is 98.4 Å². The number of amides is 3. The highest BCUT2D eigenvalue weighted by Gasteiger charge is 2.36. The summed E-state index contributed by atoms with van der Waals surface area (Å²) in [6.45, 7) is 14.6. The van der Waals surface area contributed by atoms with Crippen LogP contribution in [0.15, 0.2) is 18.2 Å². The van der Waals surface area contributed by atoms with Gasteiger partial charge in [0.05, 0.1) is 0 Å². The summed E-state index contributed by atoms with van der Waals surface area (Å²) in [6.07, 6.45) is 6.97. The Labute approximate surface area is 209 Å². The molecule has 3 N–H and O–H groups in total. The lowest BCUT2D eigenvalue weighted by atomic mass is 9.98. The standard InChI is InChI=1S/C27H41N3O5/c1-10-12-19(6)28-24(32)23(20-13-14-22(31)18(5)16-20)30(11-2)25(33)21(15-17(3)4)29-26(34)35-27(7,8)9/h2,13-14,16-17,19,21,23,31H,10,12,15H2,1,3-9H3,(H,28,32)(H,29,34). The molecule has 1 aromatic rings. The number of phenols is 1. The molecule has 3 unspecified atom stereocenters. The average Bonchev–Trinajstić information content (AvgIpc) is 2.71. The van der Waals surface area contributed by atoms with Crippen LogP contribution < -0.4 is 10.6 Å². The number of aromatic hydroxyl groups is 1. The Morgan fingerprint density at radius 1 is 1.17 bits per heavy atom. The molecule has 0 saturated carbocycles. The van der Waals surface area contributed by atoms with Crippen molar-refractivity contribution in [3.8, 4) is 18.2 Å². The molecule has 0 saturated heterocycles. The van der Waals surface area contributed by atoms with Crippen LogP contribution in [0.2, 0.25) is 0 Å². The molecule has 0 aliphatic carbocycles. The van der Waals surface area contributed by atoms with E-state index in [0.717, 1.165) is 17.7 Å². The molecular weight excluding hydrogens is 446 g/mol. The van der Waals surface area contributed by atoms with E-state index >= 15 is 0 Å². The van der Waals surface area contributed by atoms with E-state index in [4.69, 9.17) is 11.2 Å². The lowest BCUT2D eigenvalue weighted by Gasteiger charge is -2.31. The predicted octanol–water partition coefficient (Wildman–Crippen LogP) is 4.41. The molecular formula is C27H41N3O5. The van der Waals surface area contributed by atoms with Crippen molar-refractivity contribution in [1.29, 1.82) is 0 Å². The summed E-state index contributed by atoms with van der Waals surface area (Å²) in [5.41, 5.74) is 0.244. The summed E-state index contributed by atoms with van der Waals surface area (Å²) in [4.78, 5) is 40.6. The van der Waals surface area contributed by atoms with Crippen molar-refractivity contribution in [2.24, 2.45) is 5.92 Å². The molecule has 0 bridgehead atoms. The van der Waals surface area contributed by atoms with E-state index in [2.05, 4.69) is 16.7 Å². The predicted molar refractivity (Wildman–Crippen MR) is 136 cm³/mol. The SMILES string of the molecule is C#CN(C(=O)C(CC(C)C)NC(=O)OC(C)(C)C)C(C(=O)NC(C)CCC)c1ccc(O)c(C)c1. The molecule has 0 heterocycles. The minimum absolute atomic E-state index is 0.0475. The van der Waals surface area contributed by atoms with E-state index in [1.165, 1.54) is 6.07 Å². The van der Waals surface area contributed by atoms with Gasteiger partial charge in [-0.3, -0.25) is 14.5 Å². The van der Waals surface area contributed by atoms with Gasteiger partial charge in [-0.25, -0.2) is 4.79 Å². The van der Waals surface area contributed by atoms with E-state index in [-0.39, 0.29) is 17.7 Å². The molecule has 1 aromatic carbocycles. The molecule has 0 fully saturated rings. The van der Waals surface area contributed by atoms with Crippen LogP contribution in [0.5, 0.6) is 5.75 Å². The maximum atomic E-state index is 13.7. The minimum Gasteiger partial charge on any atom is -0.508 e. The minimum atomic E-state index is -1.15. The van der Waals surface area contributed by atoms with Gasteiger partial charge in [0.1, 0.15) is 23.4 Å². The summed E-state index contributed by atoms with van der Waals surface area (Å²) in [6, 6.07) is 4.74. The first-order valence-corrected chi connectivity index (χ1v) is 12.1. The van der Waals surface area contributed by atoms with E-state index in [1.807, 2.05) is 27.7 Å². The van der Waals surface area contributed by atoms with Crippen LogP contribution in [0.25, 0.3) is 0 Å². The fraction of sp³-hybridized carbons (Fsp3) is 0.593. The van der Waals surface area contributed by atoms with Crippen LogP contribution in [0.3, 0.4) is 0 Å². The van der Waals surface area contributed by atoms with Gasteiger partial charge in [0, 0.05) is 12.1 Å². The topological polar surface area (TPSA) is 108 Å². The number of ether oxygens (including phenoxy) is 1. The Hall–Kier alpha value is -3.21. The van der Waals surface area contributed by atoms with Crippen molar-refractivity contribution in [2.75, 3.05) is 0 Å². The van der Waals surface area contributed by atoms with E-state index in [9.17, 15) is 19.5 Å². The zero-order valence-electron chi connectivity index (χ0n) is 22.3. The number of aryl methyl sites for hydroxylation is 1. The summed E-state index contributed by atoms with van der Waals surface area (Å²) in [7, 11) is 0. The van der Waals surface area contributed by atoms with Crippen molar-refractivity contribution in [3.63, 3.8) is 0 Å². The third-order valence-electron chi connectivity index (χ3n) is 5.23. The number of nitrogens with zero attached hydrogens (tertiary/aromatic N) is 1. The zero-order chi connectivity index (χ0) is 26.9. The number of alkyl carbamates (subject to hydrolysis) is 1. The molecule has 0 aliphatic rings. The second-order valence-corrected chi connectivity index (χ2v) is 10.3. The van der Waals surface area contributed by atoms with E-state index < -0.39 is 35.6 Å². The Bertz CT molecular complexity index is 930. The highest BCUT2D eigenvalue weighted by molar-refractivity contribution is 5.93. The van der Waals surface area contributed by atoms with Gasteiger partial charge in [-0.1, -0.05) is 39.7 Å². The molecule has 0 aliphatic heterocycles. The summed E-state index contributed by atoms with van der Waals surface area (Å²) in [5.74, 6) is -0.926. The van der Waals surface area contributed by atoms with Gasteiger partial charge in [-0.2, -0.15) is 0 Å². The number of carbonyl (C=O) groups excluding carboxylic acids is 3. The maximum absolute atomic E-state index is 13.7. The molecule has 0 spiro atoms. The molecule has 194 valence electrons. The number of benzene rings is 1. The number of hydrogen-bond acceptors (Lipinski definition) is 5. The highest BCUT2D eigenvalue weighted by Crippen LogP contribution is 2.27.